The van der Waals surface area contributed by atoms with E-state index >= 15 is 0 Å². The minimum Gasteiger partial charge on any atom is -0.450 e. The SMILES string of the molecule is CCOC(=O)NCCOCCCC=O. The average molecular weight is 203 g/mol. The van der Waals surface area contributed by atoms with E-state index < -0.39 is 6.09 Å². The summed E-state index contributed by atoms with van der Waals surface area (Å²) in [5.74, 6) is 0. The minimum atomic E-state index is -0.427. The average Bonchev–Trinajstić information content (AvgIpc) is 2.17. The summed E-state index contributed by atoms with van der Waals surface area (Å²) in [6.07, 6.45) is 1.68. The van der Waals surface area contributed by atoms with Crippen molar-refractivity contribution in [3.05, 3.63) is 0 Å². The molecule has 0 spiro atoms. The van der Waals surface area contributed by atoms with E-state index in [1.54, 1.807) is 6.92 Å². The normalized spacial score (nSPS) is 9.50. The zero-order valence-corrected chi connectivity index (χ0v) is 8.45. The lowest BCUT2D eigenvalue weighted by molar-refractivity contribution is -0.108. The first-order chi connectivity index (χ1) is 6.81. The largest absolute Gasteiger partial charge is 0.450 e. The number of unbranched alkanes of at least 4 members (excludes halogenated alkanes) is 1. The molecular formula is C9H17NO4. The third-order valence-electron chi connectivity index (χ3n) is 1.40. The minimum absolute atomic E-state index is 0.367. The van der Waals surface area contributed by atoms with Crippen LogP contribution in [-0.2, 0) is 14.3 Å². The van der Waals surface area contributed by atoms with Crippen LogP contribution in [0.25, 0.3) is 0 Å². The molecule has 0 atom stereocenters. The number of hydrogen-bond donors (Lipinski definition) is 1. The van der Waals surface area contributed by atoms with Crippen molar-refractivity contribution in [1.82, 2.24) is 5.32 Å². The zero-order valence-electron chi connectivity index (χ0n) is 8.45. The summed E-state index contributed by atoms with van der Waals surface area (Å²) in [5, 5.41) is 2.52. The Morgan fingerprint density at radius 1 is 1.43 bits per heavy atom. The molecule has 0 heterocycles. The maximum absolute atomic E-state index is 10.7. The Kier molecular flexibility index (Phi) is 9.20. The lowest BCUT2D eigenvalue weighted by Crippen LogP contribution is -2.27. The van der Waals surface area contributed by atoms with Crippen molar-refractivity contribution in [2.45, 2.75) is 19.8 Å². The van der Waals surface area contributed by atoms with Crippen molar-refractivity contribution in [1.29, 1.82) is 0 Å². The van der Waals surface area contributed by atoms with Gasteiger partial charge in [-0.15, -0.1) is 0 Å². The van der Waals surface area contributed by atoms with Gasteiger partial charge in [-0.25, -0.2) is 4.79 Å². The maximum Gasteiger partial charge on any atom is 0.407 e. The standard InChI is InChI=1S/C9H17NO4/c1-2-14-9(12)10-5-8-13-7-4-3-6-11/h6H,2-5,7-8H2,1H3,(H,10,12). The monoisotopic (exact) mass is 203 g/mol. The number of hydrogen-bond acceptors (Lipinski definition) is 4. The molecule has 0 saturated carbocycles. The first-order valence-corrected chi connectivity index (χ1v) is 4.73. The molecule has 0 aromatic carbocycles. The molecule has 0 bridgehead atoms. The highest BCUT2D eigenvalue weighted by Gasteiger charge is 1.97. The van der Waals surface area contributed by atoms with Crippen LogP contribution < -0.4 is 5.32 Å². The number of carbonyl (C=O) groups is 2. The van der Waals surface area contributed by atoms with E-state index in [0.717, 1.165) is 12.7 Å². The molecule has 0 rings (SSSR count). The van der Waals surface area contributed by atoms with Gasteiger partial charge in [0.15, 0.2) is 0 Å². The van der Waals surface area contributed by atoms with Gasteiger partial charge in [0.2, 0.25) is 0 Å². The third kappa shape index (κ3) is 8.99. The predicted molar refractivity (Wildman–Crippen MR) is 51.1 cm³/mol. The number of ether oxygens (including phenoxy) is 2. The van der Waals surface area contributed by atoms with Gasteiger partial charge in [0, 0.05) is 19.6 Å². The summed E-state index contributed by atoms with van der Waals surface area (Å²) in [5.41, 5.74) is 0. The number of rotatable bonds is 8. The van der Waals surface area contributed by atoms with Crippen molar-refractivity contribution in [2.24, 2.45) is 0 Å². The van der Waals surface area contributed by atoms with Crippen LogP contribution in [0.2, 0.25) is 0 Å². The van der Waals surface area contributed by atoms with E-state index in [1.165, 1.54) is 0 Å². The fourth-order valence-corrected chi connectivity index (χ4v) is 0.778. The Morgan fingerprint density at radius 3 is 2.86 bits per heavy atom. The molecular weight excluding hydrogens is 186 g/mol. The molecule has 0 aliphatic carbocycles. The van der Waals surface area contributed by atoms with Gasteiger partial charge in [-0.2, -0.15) is 0 Å². The van der Waals surface area contributed by atoms with Crippen LogP contribution in [0.5, 0.6) is 0 Å². The Morgan fingerprint density at radius 2 is 2.21 bits per heavy atom. The molecule has 1 amide bonds. The summed E-state index contributed by atoms with van der Waals surface area (Å²) < 4.78 is 9.77. The fourth-order valence-electron chi connectivity index (χ4n) is 0.778. The lowest BCUT2D eigenvalue weighted by atomic mass is 10.3. The molecule has 0 aromatic rings. The van der Waals surface area contributed by atoms with Gasteiger partial charge in [0.25, 0.3) is 0 Å². The van der Waals surface area contributed by atoms with Crippen LogP contribution >= 0.6 is 0 Å². The van der Waals surface area contributed by atoms with Gasteiger partial charge < -0.3 is 19.6 Å². The van der Waals surface area contributed by atoms with E-state index in [-0.39, 0.29) is 0 Å². The Balaban J connectivity index is 3.05. The van der Waals surface area contributed by atoms with E-state index in [0.29, 0.717) is 32.8 Å². The van der Waals surface area contributed by atoms with E-state index in [9.17, 15) is 9.59 Å². The van der Waals surface area contributed by atoms with Crippen LogP contribution in [0.1, 0.15) is 19.8 Å². The first-order valence-electron chi connectivity index (χ1n) is 4.73. The zero-order chi connectivity index (χ0) is 10.6. The molecule has 0 radical (unpaired) electrons. The lowest BCUT2D eigenvalue weighted by Gasteiger charge is -2.05. The van der Waals surface area contributed by atoms with E-state index in [2.05, 4.69) is 10.1 Å². The Labute approximate surface area is 83.8 Å². The Bertz CT molecular complexity index is 161. The van der Waals surface area contributed by atoms with Gasteiger partial charge in [-0.05, 0) is 13.3 Å². The van der Waals surface area contributed by atoms with Gasteiger partial charge in [0.1, 0.15) is 6.29 Å². The predicted octanol–water partition coefficient (Wildman–Crippen LogP) is 0.728. The molecule has 82 valence electrons. The van der Waals surface area contributed by atoms with Gasteiger partial charge in [-0.3, -0.25) is 0 Å². The second-order valence-electron chi connectivity index (χ2n) is 2.57. The summed E-state index contributed by atoms with van der Waals surface area (Å²) in [4.78, 5) is 20.7. The molecule has 5 nitrogen and oxygen atoms in total. The van der Waals surface area contributed by atoms with E-state index in [1.807, 2.05) is 0 Å². The summed E-state index contributed by atoms with van der Waals surface area (Å²) in [6, 6.07) is 0. The highest BCUT2D eigenvalue weighted by atomic mass is 16.5. The molecule has 0 aliphatic rings. The highest BCUT2D eigenvalue weighted by Crippen LogP contribution is 1.85. The van der Waals surface area contributed by atoms with Crippen molar-refractivity contribution < 1.29 is 19.1 Å². The molecule has 14 heavy (non-hydrogen) atoms. The fraction of sp³-hybridized carbons (Fsp3) is 0.778. The number of nitrogens with one attached hydrogen (secondary N) is 1. The maximum atomic E-state index is 10.7. The molecule has 0 saturated heterocycles. The van der Waals surface area contributed by atoms with Crippen molar-refractivity contribution in [3.63, 3.8) is 0 Å². The molecule has 1 N–H and O–H groups in total. The molecule has 5 heteroatoms. The third-order valence-corrected chi connectivity index (χ3v) is 1.40. The molecule has 0 aliphatic heterocycles. The van der Waals surface area contributed by atoms with Crippen molar-refractivity contribution in [3.8, 4) is 0 Å². The van der Waals surface area contributed by atoms with Crippen LogP contribution in [0.15, 0.2) is 0 Å². The van der Waals surface area contributed by atoms with Crippen molar-refractivity contribution >= 4 is 12.4 Å². The molecule has 0 fully saturated rings. The second kappa shape index (κ2) is 9.98. The van der Waals surface area contributed by atoms with Gasteiger partial charge >= 0.3 is 6.09 Å². The number of alkyl carbamates (subject to hydrolysis) is 1. The van der Waals surface area contributed by atoms with E-state index in [4.69, 9.17) is 4.74 Å². The topological polar surface area (TPSA) is 64.6 Å². The highest BCUT2D eigenvalue weighted by molar-refractivity contribution is 5.66. The van der Waals surface area contributed by atoms with Gasteiger partial charge in [0.05, 0.1) is 13.2 Å². The molecule has 0 unspecified atom stereocenters. The van der Waals surface area contributed by atoms with Crippen LogP contribution in [0, 0.1) is 0 Å². The van der Waals surface area contributed by atoms with Crippen molar-refractivity contribution in [2.75, 3.05) is 26.4 Å². The van der Waals surface area contributed by atoms with Crippen LogP contribution in [-0.4, -0.2) is 38.7 Å². The van der Waals surface area contributed by atoms with Crippen LogP contribution in [0.4, 0.5) is 4.79 Å². The quantitative estimate of drug-likeness (QED) is 0.466. The number of aldehydes is 1. The summed E-state index contributed by atoms with van der Waals surface area (Å²) >= 11 is 0. The smallest absolute Gasteiger partial charge is 0.407 e. The number of carbonyl (C=O) groups excluding carboxylic acids is 2. The van der Waals surface area contributed by atoms with Gasteiger partial charge in [-0.1, -0.05) is 0 Å². The summed E-state index contributed by atoms with van der Waals surface area (Å²) in [7, 11) is 0. The Hall–Kier alpha value is -1.10. The van der Waals surface area contributed by atoms with Crippen LogP contribution in [0.3, 0.4) is 0 Å². The second-order valence-corrected chi connectivity index (χ2v) is 2.57. The summed E-state index contributed by atoms with van der Waals surface area (Å²) in [6.45, 7) is 3.53. The molecule has 0 aromatic heterocycles. The first kappa shape index (κ1) is 12.9. The number of amides is 1.